The molecule has 6 heteroatoms. The molecule has 1 fully saturated rings. The summed E-state index contributed by atoms with van der Waals surface area (Å²) in [4.78, 5) is 24.3. The number of esters is 2. The summed E-state index contributed by atoms with van der Waals surface area (Å²) in [6, 6.07) is 17.8. The van der Waals surface area contributed by atoms with Crippen LogP contribution in [0.2, 0.25) is 0 Å². The van der Waals surface area contributed by atoms with Crippen LogP contribution in [-0.2, 0) is 9.47 Å². The van der Waals surface area contributed by atoms with E-state index in [1.807, 2.05) is 12.1 Å². The van der Waals surface area contributed by atoms with Crippen LogP contribution in [-0.4, -0.2) is 36.7 Å². The minimum atomic E-state index is -0.351. The smallest absolute Gasteiger partial charge is 0.338 e. The molecule has 0 unspecified atom stereocenters. The van der Waals surface area contributed by atoms with Crippen molar-refractivity contribution in [3.05, 3.63) is 71.8 Å². The summed E-state index contributed by atoms with van der Waals surface area (Å²) in [5.41, 5.74) is 0.707. The molecule has 2 aromatic rings. The number of ether oxygens (including phenoxy) is 2. The second-order valence-corrected chi connectivity index (χ2v) is 8.37. The van der Waals surface area contributed by atoms with Crippen LogP contribution in [0.15, 0.2) is 60.7 Å². The highest BCUT2D eigenvalue weighted by Crippen LogP contribution is 2.43. The Morgan fingerprint density at radius 2 is 1.16 bits per heavy atom. The third kappa shape index (κ3) is 4.80. The minimum absolute atomic E-state index is 0.239. The van der Waals surface area contributed by atoms with E-state index in [4.69, 9.17) is 9.47 Å². The predicted octanol–water partition coefficient (Wildman–Crippen LogP) is 4.08. The van der Waals surface area contributed by atoms with Crippen LogP contribution in [0.25, 0.3) is 0 Å². The van der Waals surface area contributed by atoms with E-state index in [2.05, 4.69) is 0 Å². The molecule has 1 aliphatic rings. The molecule has 1 saturated heterocycles. The number of hydrogen-bond donors (Lipinski definition) is 0. The molecule has 3 rings (SSSR count). The van der Waals surface area contributed by atoms with Crippen molar-refractivity contribution >= 4 is 33.5 Å². The van der Waals surface area contributed by atoms with E-state index < -0.39 is 0 Å². The van der Waals surface area contributed by atoms with Gasteiger partial charge in [-0.2, -0.15) is 0 Å². The number of carbonyl (C=O) groups is 2. The Hall–Kier alpha value is -1.92. The number of carbonyl (C=O) groups excluding carboxylic acids is 2. The van der Waals surface area contributed by atoms with Crippen molar-refractivity contribution < 1.29 is 19.1 Å². The Balaban J connectivity index is 1.58. The van der Waals surface area contributed by atoms with Crippen LogP contribution < -0.4 is 0 Å². The molecular formula is C19H18O4S2. The summed E-state index contributed by atoms with van der Waals surface area (Å²) in [5, 5.41) is 0. The quantitative estimate of drug-likeness (QED) is 0.561. The van der Waals surface area contributed by atoms with Crippen molar-refractivity contribution in [2.24, 2.45) is 5.41 Å². The van der Waals surface area contributed by atoms with Crippen LogP contribution in [0, 0.1) is 5.41 Å². The van der Waals surface area contributed by atoms with Crippen LogP contribution in [0.5, 0.6) is 0 Å². The zero-order chi connectivity index (χ0) is 17.5. The highest BCUT2D eigenvalue weighted by Gasteiger charge is 2.38. The maximum Gasteiger partial charge on any atom is 0.338 e. The fourth-order valence-corrected chi connectivity index (χ4v) is 5.67. The van der Waals surface area contributed by atoms with Crippen LogP contribution >= 0.6 is 21.6 Å². The van der Waals surface area contributed by atoms with Gasteiger partial charge in [0.25, 0.3) is 0 Å². The highest BCUT2D eigenvalue weighted by atomic mass is 33.1. The lowest BCUT2D eigenvalue weighted by molar-refractivity contribution is 0.00945. The second kappa shape index (κ2) is 8.45. The highest BCUT2D eigenvalue weighted by molar-refractivity contribution is 8.77. The Labute approximate surface area is 154 Å². The van der Waals surface area contributed by atoms with Crippen molar-refractivity contribution in [1.82, 2.24) is 0 Å². The van der Waals surface area contributed by atoms with Gasteiger partial charge in [0.05, 0.1) is 16.5 Å². The Morgan fingerprint density at radius 1 is 0.760 bits per heavy atom. The SMILES string of the molecule is O=C(OCC1(COC(=O)c2ccccc2)CSSC1)c1ccccc1. The van der Waals surface area contributed by atoms with Gasteiger partial charge in [0, 0.05) is 11.5 Å². The van der Waals surface area contributed by atoms with Crippen LogP contribution in [0.4, 0.5) is 0 Å². The lowest BCUT2D eigenvalue weighted by Gasteiger charge is -2.26. The summed E-state index contributed by atoms with van der Waals surface area (Å²) in [6.45, 7) is 0.478. The molecule has 0 spiro atoms. The minimum Gasteiger partial charge on any atom is -0.461 e. The molecule has 2 aromatic carbocycles. The van der Waals surface area contributed by atoms with Crippen molar-refractivity contribution in [1.29, 1.82) is 0 Å². The Bertz CT molecular complexity index is 655. The maximum absolute atomic E-state index is 12.2. The molecule has 0 radical (unpaired) electrons. The lowest BCUT2D eigenvalue weighted by atomic mass is 9.95. The Kier molecular flexibility index (Phi) is 6.04. The first-order valence-electron chi connectivity index (χ1n) is 7.87. The van der Waals surface area contributed by atoms with E-state index in [0.717, 1.165) is 11.5 Å². The normalized spacial score (nSPS) is 15.5. The molecule has 130 valence electrons. The third-order valence-electron chi connectivity index (χ3n) is 3.85. The summed E-state index contributed by atoms with van der Waals surface area (Å²) in [7, 11) is 3.42. The summed E-state index contributed by atoms with van der Waals surface area (Å²) < 4.78 is 11.0. The monoisotopic (exact) mass is 374 g/mol. The van der Waals surface area contributed by atoms with Gasteiger partial charge in [-0.25, -0.2) is 9.59 Å². The van der Waals surface area contributed by atoms with E-state index in [1.54, 1.807) is 70.1 Å². The topological polar surface area (TPSA) is 52.6 Å². The number of rotatable bonds is 6. The summed E-state index contributed by atoms with van der Waals surface area (Å²) in [6.07, 6.45) is 0. The number of hydrogen-bond acceptors (Lipinski definition) is 6. The first-order chi connectivity index (χ1) is 12.2. The molecule has 0 amide bonds. The fourth-order valence-electron chi connectivity index (χ4n) is 2.34. The second-order valence-electron chi connectivity index (χ2n) is 5.91. The van der Waals surface area contributed by atoms with Gasteiger partial charge in [-0.05, 0) is 24.3 Å². The van der Waals surface area contributed by atoms with Gasteiger partial charge in [0.2, 0.25) is 0 Å². The molecule has 0 bridgehead atoms. The molecule has 0 saturated carbocycles. The standard InChI is InChI=1S/C19H18O4S2/c20-17(15-7-3-1-4-8-15)22-11-19(13-24-25-14-19)12-23-18(21)16-9-5-2-6-10-16/h1-10H,11-14H2. The number of benzene rings is 2. The first kappa shape index (κ1) is 17.9. The third-order valence-corrected chi connectivity index (χ3v) is 6.69. The van der Waals surface area contributed by atoms with E-state index in [-0.39, 0.29) is 30.6 Å². The van der Waals surface area contributed by atoms with Crippen molar-refractivity contribution in [2.45, 2.75) is 0 Å². The van der Waals surface area contributed by atoms with Crippen molar-refractivity contribution in [3.63, 3.8) is 0 Å². The van der Waals surface area contributed by atoms with Gasteiger partial charge in [0.15, 0.2) is 0 Å². The summed E-state index contributed by atoms with van der Waals surface area (Å²) >= 11 is 0. The molecule has 1 heterocycles. The maximum atomic E-state index is 12.2. The zero-order valence-corrected chi connectivity index (χ0v) is 15.2. The van der Waals surface area contributed by atoms with Gasteiger partial charge in [-0.15, -0.1) is 0 Å². The summed E-state index contributed by atoms with van der Waals surface area (Å²) in [5.74, 6) is 0.858. The van der Waals surface area contributed by atoms with Crippen molar-refractivity contribution in [2.75, 3.05) is 24.7 Å². The molecule has 1 aliphatic heterocycles. The average molecular weight is 374 g/mol. The molecular weight excluding hydrogens is 356 g/mol. The van der Waals surface area contributed by atoms with E-state index in [1.165, 1.54) is 0 Å². The average Bonchev–Trinajstić information content (AvgIpc) is 3.15. The van der Waals surface area contributed by atoms with E-state index in [9.17, 15) is 9.59 Å². The predicted molar refractivity (Wildman–Crippen MR) is 101 cm³/mol. The lowest BCUT2D eigenvalue weighted by Crippen LogP contribution is -2.36. The molecule has 0 atom stereocenters. The van der Waals surface area contributed by atoms with Gasteiger partial charge in [-0.3, -0.25) is 0 Å². The van der Waals surface area contributed by atoms with E-state index >= 15 is 0 Å². The molecule has 0 N–H and O–H groups in total. The van der Waals surface area contributed by atoms with Gasteiger partial charge in [0.1, 0.15) is 13.2 Å². The van der Waals surface area contributed by atoms with Gasteiger partial charge in [-0.1, -0.05) is 58.0 Å². The molecule has 0 aliphatic carbocycles. The molecule has 25 heavy (non-hydrogen) atoms. The largest absolute Gasteiger partial charge is 0.461 e. The molecule has 4 nitrogen and oxygen atoms in total. The molecule has 0 aromatic heterocycles. The van der Waals surface area contributed by atoms with Crippen molar-refractivity contribution in [3.8, 4) is 0 Å². The first-order valence-corrected chi connectivity index (χ1v) is 10.4. The van der Waals surface area contributed by atoms with Crippen LogP contribution in [0.1, 0.15) is 20.7 Å². The van der Waals surface area contributed by atoms with Gasteiger partial charge >= 0.3 is 11.9 Å². The Morgan fingerprint density at radius 3 is 1.56 bits per heavy atom. The van der Waals surface area contributed by atoms with Gasteiger partial charge < -0.3 is 9.47 Å². The zero-order valence-electron chi connectivity index (χ0n) is 13.6. The van der Waals surface area contributed by atoms with Crippen LogP contribution in [0.3, 0.4) is 0 Å². The fraction of sp³-hybridized carbons (Fsp3) is 0.263. The van der Waals surface area contributed by atoms with E-state index in [0.29, 0.717) is 11.1 Å².